The number of benzene rings is 1. The molecular formula is C21H24N6. The van der Waals surface area contributed by atoms with Gasteiger partial charge in [-0.25, -0.2) is 9.97 Å². The van der Waals surface area contributed by atoms with Crippen LogP contribution in [0.15, 0.2) is 67.0 Å². The van der Waals surface area contributed by atoms with Crippen LogP contribution < -0.4 is 14.7 Å². The van der Waals surface area contributed by atoms with Crippen molar-refractivity contribution in [1.82, 2.24) is 15.0 Å². The molecule has 6 nitrogen and oxygen atoms in total. The van der Waals surface area contributed by atoms with Gasteiger partial charge in [0.15, 0.2) is 0 Å². The second-order valence-corrected chi connectivity index (χ2v) is 6.46. The number of para-hydroxylation sites is 1. The number of rotatable bonds is 5. The largest absolute Gasteiger partial charge is 0.353 e. The topological polar surface area (TPSA) is 48.4 Å². The molecule has 0 bridgehead atoms. The zero-order valence-electron chi connectivity index (χ0n) is 15.6. The van der Waals surface area contributed by atoms with Crippen molar-refractivity contribution in [2.24, 2.45) is 0 Å². The lowest BCUT2D eigenvalue weighted by atomic mass is 10.3. The van der Waals surface area contributed by atoms with Crippen LogP contribution in [0.2, 0.25) is 0 Å². The van der Waals surface area contributed by atoms with Gasteiger partial charge in [-0.3, -0.25) is 0 Å². The van der Waals surface area contributed by atoms with Crippen LogP contribution in [-0.4, -0.2) is 47.7 Å². The van der Waals surface area contributed by atoms with E-state index in [1.165, 1.54) is 0 Å². The van der Waals surface area contributed by atoms with Crippen LogP contribution in [0.3, 0.4) is 0 Å². The Morgan fingerprint density at radius 1 is 0.815 bits per heavy atom. The van der Waals surface area contributed by atoms with E-state index in [4.69, 9.17) is 4.98 Å². The third-order valence-corrected chi connectivity index (χ3v) is 4.82. The van der Waals surface area contributed by atoms with Crippen molar-refractivity contribution in [3.63, 3.8) is 0 Å². The fourth-order valence-corrected chi connectivity index (χ4v) is 3.40. The van der Waals surface area contributed by atoms with Crippen LogP contribution in [0.4, 0.5) is 23.3 Å². The summed E-state index contributed by atoms with van der Waals surface area (Å²) in [4.78, 5) is 20.6. The van der Waals surface area contributed by atoms with Crippen molar-refractivity contribution in [3.8, 4) is 0 Å². The minimum Gasteiger partial charge on any atom is -0.353 e. The number of hydrogen-bond donors (Lipinski definition) is 0. The van der Waals surface area contributed by atoms with E-state index in [9.17, 15) is 0 Å². The van der Waals surface area contributed by atoms with Crippen molar-refractivity contribution < 1.29 is 0 Å². The van der Waals surface area contributed by atoms with E-state index in [2.05, 4.69) is 61.9 Å². The summed E-state index contributed by atoms with van der Waals surface area (Å²) in [5.41, 5.74) is 1.14. The van der Waals surface area contributed by atoms with E-state index in [0.717, 1.165) is 56.0 Å². The van der Waals surface area contributed by atoms with Gasteiger partial charge in [0.1, 0.15) is 11.6 Å². The first-order valence-corrected chi connectivity index (χ1v) is 9.41. The number of pyridine rings is 1. The van der Waals surface area contributed by atoms with E-state index >= 15 is 0 Å². The molecule has 1 aliphatic heterocycles. The van der Waals surface area contributed by atoms with Crippen LogP contribution in [0.5, 0.6) is 0 Å². The van der Waals surface area contributed by atoms with Gasteiger partial charge >= 0.3 is 0 Å². The molecule has 3 aromatic rings. The minimum absolute atomic E-state index is 0.794. The second-order valence-electron chi connectivity index (χ2n) is 6.46. The third-order valence-electron chi connectivity index (χ3n) is 4.82. The summed E-state index contributed by atoms with van der Waals surface area (Å²) in [6.07, 6.45) is 3.70. The van der Waals surface area contributed by atoms with Crippen LogP contribution in [-0.2, 0) is 0 Å². The molecule has 0 amide bonds. The van der Waals surface area contributed by atoms with Crippen LogP contribution in [0, 0.1) is 0 Å². The lowest BCUT2D eigenvalue weighted by molar-refractivity contribution is 0.634. The molecule has 0 unspecified atom stereocenters. The second kappa shape index (κ2) is 8.03. The molecule has 1 saturated heterocycles. The monoisotopic (exact) mass is 360 g/mol. The fraction of sp³-hybridized carbons (Fsp3) is 0.286. The first-order valence-electron chi connectivity index (χ1n) is 9.41. The van der Waals surface area contributed by atoms with E-state index in [1.54, 1.807) is 0 Å². The molecule has 0 N–H and O–H groups in total. The maximum Gasteiger partial charge on any atom is 0.227 e. The predicted octanol–water partition coefficient (Wildman–Crippen LogP) is 3.36. The van der Waals surface area contributed by atoms with E-state index < -0.39 is 0 Å². The highest BCUT2D eigenvalue weighted by molar-refractivity contribution is 5.60. The van der Waals surface area contributed by atoms with E-state index in [-0.39, 0.29) is 0 Å². The van der Waals surface area contributed by atoms with E-state index in [0.29, 0.717) is 0 Å². The van der Waals surface area contributed by atoms with Crippen LogP contribution in [0.1, 0.15) is 6.92 Å². The molecule has 27 heavy (non-hydrogen) atoms. The Labute approximate surface area is 160 Å². The summed E-state index contributed by atoms with van der Waals surface area (Å²) in [7, 11) is 0. The Morgan fingerprint density at radius 2 is 1.56 bits per heavy atom. The molecule has 138 valence electrons. The summed E-state index contributed by atoms with van der Waals surface area (Å²) in [6.45, 7) is 6.60. The molecule has 4 rings (SSSR count). The fourth-order valence-electron chi connectivity index (χ4n) is 3.40. The maximum absolute atomic E-state index is 4.85. The van der Waals surface area contributed by atoms with Crippen LogP contribution >= 0.6 is 0 Å². The molecule has 0 spiro atoms. The van der Waals surface area contributed by atoms with Crippen molar-refractivity contribution in [1.29, 1.82) is 0 Å². The highest BCUT2D eigenvalue weighted by Crippen LogP contribution is 2.24. The van der Waals surface area contributed by atoms with Crippen molar-refractivity contribution in [3.05, 3.63) is 67.0 Å². The van der Waals surface area contributed by atoms with Gasteiger partial charge in [-0.2, -0.15) is 4.98 Å². The standard InChI is InChI=1S/C21H24N6/c1-2-27(18-8-4-3-5-9-18)20-11-13-23-21(24-20)26-16-14-25(15-17-26)19-10-6-7-12-22-19/h3-13H,2,14-17H2,1H3. The highest BCUT2D eigenvalue weighted by Gasteiger charge is 2.20. The van der Waals surface area contributed by atoms with Gasteiger partial charge in [0.2, 0.25) is 5.95 Å². The van der Waals surface area contributed by atoms with Gasteiger partial charge in [0, 0.05) is 50.8 Å². The zero-order chi connectivity index (χ0) is 18.5. The molecule has 1 fully saturated rings. The van der Waals surface area contributed by atoms with Gasteiger partial charge in [-0.1, -0.05) is 24.3 Å². The summed E-state index contributed by atoms with van der Waals surface area (Å²) in [5, 5.41) is 0. The normalized spacial score (nSPS) is 14.3. The molecule has 1 aromatic carbocycles. The number of piperazine rings is 1. The minimum atomic E-state index is 0.794. The summed E-state index contributed by atoms with van der Waals surface area (Å²) >= 11 is 0. The Bertz CT molecular complexity index is 847. The van der Waals surface area contributed by atoms with Crippen molar-refractivity contribution in [2.75, 3.05) is 47.4 Å². The van der Waals surface area contributed by atoms with Gasteiger partial charge in [0.25, 0.3) is 0 Å². The quantitative estimate of drug-likeness (QED) is 0.695. The summed E-state index contributed by atoms with van der Waals surface area (Å²) in [6, 6.07) is 18.4. The molecule has 0 aliphatic carbocycles. The smallest absolute Gasteiger partial charge is 0.227 e. The number of anilines is 4. The Morgan fingerprint density at radius 3 is 2.26 bits per heavy atom. The summed E-state index contributed by atoms with van der Waals surface area (Å²) < 4.78 is 0. The molecule has 0 saturated carbocycles. The zero-order valence-corrected chi connectivity index (χ0v) is 15.6. The number of hydrogen-bond acceptors (Lipinski definition) is 6. The maximum atomic E-state index is 4.85. The van der Waals surface area contributed by atoms with Crippen molar-refractivity contribution >= 4 is 23.3 Å². The lowest BCUT2D eigenvalue weighted by Crippen LogP contribution is -2.47. The molecular weight excluding hydrogens is 336 g/mol. The molecule has 0 radical (unpaired) electrons. The average Bonchev–Trinajstić information content (AvgIpc) is 2.76. The molecule has 2 aromatic heterocycles. The van der Waals surface area contributed by atoms with Crippen LogP contribution in [0.25, 0.3) is 0 Å². The molecule has 1 aliphatic rings. The third kappa shape index (κ3) is 3.84. The molecule has 3 heterocycles. The lowest BCUT2D eigenvalue weighted by Gasteiger charge is -2.35. The number of nitrogens with zero attached hydrogens (tertiary/aromatic N) is 6. The summed E-state index contributed by atoms with van der Waals surface area (Å²) in [5.74, 6) is 2.76. The SMILES string of the molecule is CCN(c1ccccc1)c1ccnc(N2CCN(c3ccccn3)CC2)n1. The van der Waals surface area contributed by atoms with Crippen molar-refractivity contribution in [2.45, 2.75) is 6.92 Å². The van der Waals surface area contributed by atoms with Gasteiger partial charge in [-0.15, -0.1) is 0 Å². The average molecular weight is 360 g/mol. The first kappa shape index (κ1) is 17.3. The molecule has 6 heteroatoms. The van der Waals surface area contributed by atoms with Gasteiger partial charge < -0.3 is 14.7 Å². The Kier molecular flexibility index (Phi) is 5.14. The Hall–Kier alpha value is -3.15. The van der Waals surface area contributed by atoms with Gasteiger partial charge in [-0.05, 0) is 37.3 Å². The highest BCUT2D eigenvalue weighted by atomic mass is 15.3. The predicted molar refractivity (Wildman–Crippen MR) is 110 cm³/mol. The van der Waals surface area contributed by atoms with E-state index in [1.807, 2.05) is 36.7 Å². The Balaban J connectivity index is 1.48. The number of aromatic nitrogens is 3. The van der Waals surface area contributed by atoms with Gasteiger partial charge in [0.05, 0.1) is 0 Å². The first-order chi connectivity index (χ1) is 13.3. The molecule has 0 atom stereocenters.